The van der Waals surface area contributed by atoms with Crippen LogP contribution in [0.15, 0.2) is 52.3 Å². The maximum absolute atomic E-state index is 12.3. The van der Waals surface area contributed by atoms with Gasteiger partial charge < -0.3 is 9.72 Å². The summed E-state index contributed by atoms with van der Waals surface area (Å²) in [5, 5.41) is 13.6. The summed E-state index contributed by atoms with van der Waals surface area (Å²) in [7, 11) is 0. The van der Waals surface area contributed by atoms with Crippen LogP contribution < -0.4 is 9.61 Å². The predicted octanol–water partition coefficient (Wildman–Crippen LogP) is 6.23. The number of hydrogen-bond acceptors (Lipinski definition) is 6. The summed E-state index contributed by atoms with van der Waals surface area (Å²) < 4.78 is 6.24. The van der Waals surface area contributed by atoms with E-state index in [1.54, 1.807) is 23.9 Å². The van der Waals surface area contributed by atoms with Crippen LogP contribution in [-0.2, 0) is 6.61 Å². The van der Waals surface area contributed by atoms with Gasteiger partial charge in [-0.2, -0.15) is 0 Å². The van der Waals surface area contributed by atoms with Gasteiger partial charge in [0.15, 0.2) is 0 Å². The minimum absolute atomic E-state index is 0.0393. The number of fused-ring (bicyclic) bond motifs is 6. The molecule has 0 spiro atoms. The zero-order valence-electron chi connectivity index (χ0n) is 17.5. The smallest absolute Gasteiger partial charge is 0.305 e. The number of ether oxygens (including phenoxy) is 1. The van der Waals surface area contributed by atoms with Crippen molar-refractivity contribution in [1.29, 1.82) is 0 Å². The largest absolute Gasteiger partial charge is 0.489 e. The highest BCUT2D eigenvalue weighted by molar-refractivity contribution is 8.00. The molecular weight excluding hydrogens is 480 g/mol. The van der Waals surface area contributed by atoms with Crippen molar-refractivity contribution in [3.63, 3.8) is 0 Å². The molecule has 2 aromatic carbocycles. The van der Waals surface area contributed by atoms with E-state index < -0.39 is 0 Å². The third kappa shape index (κ3) is 3.59. The predicted molar refractivity (Wildman–Crippen MR) is 130 cm³/mol. The van der Waals surface area contributed by atoms with Gasteiger partial charge in [0.05, 0.1) is 9.95 Å². The van der Waals surface area contributed by atoms with Crippen molar-refractivity contribution in [1.82, 2.24) is 4.98 Å². The van der Waals surface area contributed by atoms with E-state index in [9.17, 15) is 14.9 Å². The number of nitro groups is 1. The molecule has 170 valence electrons. The van der Waals surface area contributed by atoms with Gasteiger partial charge in [-0.15, -0.1) is 11.8 Å². The van der Waals surface area contributed by atoms with E-state index in [0.717, 1.165) is 21.0 Å². The molecule has 0 amide bonds. The van der Waals surface area contributed by atoms with Gasteiger partial charge in [0.2, 0.25) is 0 Å². The first-order chi connectivity index (χ1) is 16.0. The zero-order chi connectivity index (χ0) is 22.7. The van der Waals surface area contributed by atoms with E-state index in [-0.39, 0.29) is 28.0 Å². The molecule has 0 radical (unpaired) electrons. The maximum Gasteiger partial charge on any atom is 0.305 e. The maximum atomic E-state index is 12.3. The lowest BCUT2D eigenvalue weighted by atomic mass is 9.74. The van der Waals surface area contributed by atoms with E-state index in [1.165, 1.54) is 36.7 Å². The Hall–Kier alpha value is -2.29. The minimum Gasteiger partial charge on any atom is -0.489 e. The van der Waals surface area contributed by atoms with Crippen molar-refractivity contribution in [2.45, 2.75) is 42.1 Å². The van der Waals surface area contributed by atoms with E-state index in [1.807, 2.05) is 24.3 Å². The third-order valence-corrected chi connectivity index (χ3v) is 10.3. The number of halogens is 1. The second-order valence-electron chi connectivity index (χ2n) is 9.04. The van der Waals surface area contributed by atoms with Crippen LogP contribution in [0.2, 0.25) is 5.02 Å². The topological polar surface area (TPSA) is 85.2 Å². The third-order valence-electron chi connectivity index (χ3n) is 7.35. The summed E-state index contributed by atoms with van der Waals surface area (Å²) in [4.78, 5) is 27.6. The standard InChI is InChI=1S/C24H21ClN2O4S2/c25-17-4-2-1-3-14(17)11-31-18-8-7-15(27(29)30)10-16(18)20-19-12-5-6-13(9-12)21(19)32-23-22(20)33-24(28)26-23/h1-4,7-8,10,12-13,19-21H,5-6,9,11H2,(H,26,28)/t12-,13-,19-,20+,21-/m1/s1. The van der Waals surface area contributed by atoms with Crippen molar-refractivity contribution in [2.75, 3.05) is 0 Å². The number of hydrogen-bond donors (Lipinski definition) is 1. The van der Waals surface area contributed by atoms with Crippen molar-refractivity contribution < 1.29 is 9.66 Å². The van der Waals surface area contributed by atoms with Gasteiger partial charge in [-0.25, -0.2) is 0 Å². The SMILES string of the molecule is O=c1[nH]c2c(s1)[C@@H](c1cc([N+](=O)[O-])ccc1OCc1ccccc1Cl)[C@H]1[C@@H]3CC[C@H](C3)[C@H]1S2. The number of benzene rings is 2. The summed E-state index contributed by atoms with van der Waals surface area (Å²) >= 11 is 9.35. The van der Waals surface area contributed by atoms with Crippen LogP contribution in [0.4, 0.5) is 5.69 Å². The highest BCUT2D eigenvalue weighted by Gasteiger charge is 2.55. The van der Waals surface area contributed by atoms with Crippen molar-refractivity contribution in [3.05, 3.63) is 83.3 Å². The fourth-order valence-corrected chi connectivity index (χ4v) is 9.07. The number of nitrogens with one attached hydrogen (secondary N) is 1. The van der Waals surface area contributed by atoms with Crippen molar-refractivity contribution in [2.24, 2.45) is 17.8 Å². The first kappa shape index (κ1) is 21.3. The normalized spacial score (nSPS) is 27.2. The lowest BCUT2D eigenvalue weighted by molar-refractivity contribution is -0.385. The van der Waals surface area contributed by atoms with E-state index in [0.29, 0.717) is 33.8 Å². The molecule has 2 aliphatic carbocycles. The second kappa shape index (κ2) is 8.18. The lowest BCUT2D eigenvalue weighted by Gasteiger charge is -2.40. The number of thioether (sulfide) groups is 1. The fourth-order valence-electron chi connectivity index (χ4n) is 5.99. The average Bonchev–Trinajstić information content (AvgIpc) is 3.51. The molecule has 6 rings (SSSR count). The molecule has 2 bridgehead atoms. The number of aromatic amines is 1. The first-order valence-corrected chi connectivity index (χ1v) is 13.1. The average molecular weight is 501 g/mol. The van der Waals surface area contributed by atoms with Gasteiger partial charge in [-0.05, 0) is 49.1 Å². The zero-order valence-corrected chi connectivity index (χ0v) is 19.9. The molecule has 1 aromatic heterocycles. The van der Waals surface area contributed by atoms with Crippen LogP contribution in [0.1, 0.15) is 41.2 Å². The minimum atomic E-state index is -0.363. The summed E-state index contributed by atoms with van der Waals surface area (Å²) in [6.07, 6.45) is 3.60. The van der Waals surface area contributed by atoms with Gasteiger partial charge in [-0.3, -0.25) is 14.9 Å². The number of H-pyrrole nitrogens is 1. The van der Waals surface area contributed by atoms with E-state index >= 15 is 0 Å². The Balaban J connectivity index is 1.46. The second-order valence-corrected chi connectivity index (χ2v) is 11.6. The summed E-state index contributed by atoms with van der Waals surface area (Å²) in [6, 6.07) is 12.3. The number of nitro benzene ring substituents is 1. The van der Waals surface area contributed by atoms with Gasteiger partial charge in [0, 0.05) is 44.3 Å². The molecule has 1 N–H and O–H groups in total. The molecule has 6 nitrogen and oxygen atoms in total. The molecule has 5 atom stereocenters. The molecule has 0 unspecified atom stereocenters. The van der Waals surface area contributed by atoms with Crippen LogP contribution in [0, 0.1) is 27.9 Å². The van der Waals surface area contributed by atoms with Gasteiger partial charge in [-0.1, -0.05) is 41.1 Å². The Kier molecular flexibility index (Phi) is 5.27. The summed E-state index contributed by atoms with van der Waals surface area (Å²) in [5.74, 6) is 2.07. The quantitative estimate of drug-likeness (QED) is 0.331. The molecule has 33 heavy (non-hydrogen) atoms. The first-order valence-electron chi connectivity index (χ1n) is 11.0. The van der Waals surface area contributed by atoms with Crippen LogP contribution >= 0.6 is 34.7 Å². The molecule has 2 heterocycles. The molecule has 3 aromatic rings. The van der Waals surface area contributed by atoms with Crippen LogP contribution in [0.3, 0.4) is 0 Å². The molecule has 1 aliphatic heterocycles. The Morgan fingerprint density at radius 3 is 2.82 bits per heavy atom. The highest BCUT2D eigenvalue weighted by Crippen LogP contribution is 2.64. The van der Waals surface area contributed by atoms with Gasteiger partial charge in [0.1, 0.15) is 12.4 Å². The number of non-ortho nitro benzene ring substituents is 1. The number of nitrogens with zero attached hydrogens (tertiary/aromatic N) is 1. The number of rotatable bonds is 5. The number of aromatic nitrogens is 1. The van der Waals surface area contributed by atoms with Crippen LogP contribution in [-0.4, -0.2) is 15.2 Å². The number of thiazole rings is 1. The Morgan fingerprint density at radius 2 is 2.00 bits per heavy atom. The van der Waals surface area contributed by atoms with Crippen LogP contribution in [0.5, 0.6) is 5.75 Å². The highest BCUT2D eigenvalue weighted by atomic mass is 35.5. The summed E-state index contributed by atoms with van der Waals surface area (Å²) in [5.41, 5.74) is 1.69. The molecule has 2 fully saturated rings. The van der Waals surface area contributed by atoms with Gasteiger partial charge in [0.25, 0.3) is 5.69 Å². The van der Waals surface area contributed by atoms with Crippen molar-refractivity contribution >= 4 is 40.4 Å². The van der Waals surface area contributed by atoms with E-state index in [4.69, 9.17) is 16.3 Å². The van der Waals surface area contributed by atoms with Crippen molar-refractivity contribution in [3.8, 4) is 5.75 Å². The Morgan fingerprint density at radius 1 is 1.18 bits per heavy atom. The molecule has 2 saturated carbocycles. The molecule has 3 aliphatic rings. The molecule has 9 heteroatoms. The van der Waals surface area contributed by atoms with Gasteiger partial charge >= 0.3 is 4.87 Å². The molecular formula is C24H21ClN2O4S2. The lowest BCUT2D eigenvalue weighted by Crippen LogP contribution is -2.33. The molecule has 0 saturated heterocycles. The monoisotopic (exact) mass is 500 g/mol. The summed E-state index contributed by atoms with van der Waals surface area (Å²) in [6.45, 7) is 0.266. The Labute approximate surface area is 203 Å². The van der Waals surface area contributed by atoms with Crippen LogP contribution in [0.25, 0.3) is 0 Å². The van der Waals surface area contributed by atoms with E-state index in [2.05, 4.69) is 4.98 Å². The Bertz CT molecular complexity index is 1310. The fraction of sp³-hybridized carbons (Fsp3) is 0.375.